The zero-order valence-electron chi connectivity index (χ0n) is 26.8. The van der Waals surface area contributed by atoms with Crippen LogP contribution >= 0.6 is 0 Å². The Labute approximate surface area is 270 Å². The molecule has 8 nitrogen and oxygen atoms in total. The maximum atomic E-state index is 12.6. The summed E-state index contributed by atoms with van der Waals surface area (Å²) in [6.45, 7) is 5.91. The maximum absolute atomic E-state index is 12.6. The van der Waals surface area contributed by atoms with Gasteiger partial charge < -0.3 is 15.3 Å². The van der Waals surface area contributed by atoms with E-state index < -0.39 is 5.97 Å². The molecule has 238 valence electrons. The van der Waals surface area contributed by atoms with Crippen molar-refractivity contribution in [3.63, 3.8) is 0 Å². The van der Waals surface area contributed by atoms with Gasteiger partial charge in [-0.1, -0.05) is 44.2 Å². The van der Waals surface area contributed by atoms with E-state index in [2.05, 4.69) is 58.6 Å². The van der Waals surface area contributed by atoms with Crippen LogP contribution in [0.1, 0.15) is 103 Å². The highest BCUT2D eigenvalue weighted by Crippen LogP contribution is 2.41. The number of benzene rings is 2. The number of amides is 1. The van der Waals surface area contributed by atoms with E-state index in [0.29, 0.717) is 35.7 Å². The monoisotopic (exact) mass is 617 g/mol. The fourth-order valence-corrected chi connectivity index (χ4v) is 7.57. The van der Waals surface area contributed by atoms with Crippen molar-refractivity contribution in [3.8, 4) is 17.1 Å². The molecule has 3 aliphatic rings. The summed E-state index contributed by atoms with van der Waals surface area (Å²) in [7, 11) is 0. The average molecular weight is 618 g/mol. The predicted octanol–water partition coefficient (Wildman–Crippen LogP) is 7.36. The number of carbonyl (C=O) groups is 2. The third kappa shape index (κ3) is 5.93. The van der Waals surface area contributed by atoms with Crippen LogP contribution in [0.5, 0.6) is 0 Å². The molecule has 0 radical (unpaired) electrons. The summed E-state index contributed by atoms with van der Waals surface area (Å²) in [5.74, 6) is 1.14. The standard InChI is InChI=1S/C38H43N5O3/c1-3-25-22-28(14-15-29(25)26-17-19-42(20-18-26)36(44)21-24-11-12-24)40-33-16-13-27-7-5-8-30(37(27)33)32-9-6-10-35(41-32)43-34(4-2)31(23-39-43)38(45)46/h5-10,14-15,22-24,26,33,40H,3-4,11-13,16-21H2,1-2H3,(H,45,46). The van der Waals surface area contributed by atoms with Crippen molar-refractivity contribution in [2.45, 2.75) is 83.6 Å². The van der Waals surface area contributed by atoms with Crippen molar-refractivity contribution < 1.29 is 14.7 Å². The highest BCUT2D eigenvalue weighted by Gasteiger charge is 2.31. The zero-order chi connectivity index (χ0) is 31.8. The first-order chi connectivity index (χ1) is 22.4. The lowest BCUT2D eigenvalue weighted by atomic mass is 9.85. The summed E-state index contributed by atoms with van der Waals surface area (Å²) in [6, 6.07) is 19.4. The summed E-state index contributed by atoms with van der Waals surface area (Å²) in [5, 5.41) is 17.9. The van der Waals surface area contributed by atoms with Crippen LogP contribution in [-0.2, 0) is 24.1 Å². The first-order valence-electron chi connectivity index (χ1n) is 17.0. The summed E-state index contributed by atoms with van der Waals surface area (Å²) >= 11 is 0. The van der Waals surface area contributed by atoms with Crippen LogP contribution in [-0.4, -0.2) is 49.7 Å². The molecule has 4 aromatic rings. The molecule has 0 spiro atoms. The van der Waals surface area contributed by atoms with Gasteiger partial charge in [0, 0.05) is 30.8 Å². The molecule has 8 heteroatoms. The number of nitrogens with one attached hydrogen (secondary N) is 1. The summed E-state index contributed by atoms with van der Waals surface area (Å²) in [6.07, 6.45) is 10.2. The molecular weight excluding hydrogens is 574 g/mol. The summed E-state index contributed by atoms with van der Waals surface area (Å²) < 4.78 is 1.65. The molecule has 1 atom stereocenters. The van der Waals surface area contributed by atoms with Gasteiger partial charge in [-0.3, -0.25) is 4.79 Å². The second-order valence-electron chi connectivity index (χ2n) is 13.1. The van der Waals surface area contributed by atoms with E-state index in [9.17, 15) is 14.7 Å². The molecule has 2 fully saturated rings. The van der Waals surface area contributed by atoms with Gasteiger partial charge >= 0.3 is 5.97 Å². The van der Waals surface area contributed by atoms with E-state index >= 15 is 0 Å². The van der Waals surface area contributed by atoms with E-state index in [-0.39, 0.29) is 11.6 Å². The number of anilines is 1. The van der Waals surface area contributed by atoms with Gasteiger partial charge in [-0.2, -0.15) is 5.10 Å². The normalized spacial score (nSPS) is 18.0. The van der Waals surface area contributed by atoms with E-state index in [0.717, 1.165) is 68.6 Å². The van der Waals surface area contributed by atoms with Crippen LogP contribution in [0, 0.1) is 5.92 Å². The molecule has 1 saturated heterocycles. The Morgan fingerprint density at radius 2 is 1.76 bits per heavy atom. The first-order valence-corrected chi connectivity index (χ1v) is 17.0. The summed E-state index contributed by atoms with van der Waals surface area (Å²) in [5.41, 5.74) is 9.36. The van der Waals surface area contributed by atoms with Crippen LogP contribution in [0.15, 0.2) is 60.8 Å². The molecule has 2 aromatic carbocycles. The fraction of sp³-hybridized carbons (Fsp3) is 0.421. The van der Waals surface area contributed by atoms with Gasteiger partial charge in [-0.05, 0) is 110 Å². The van der Waals surface area contributed by atoms with Gasteiger partial charge in [0.25, 0.3) is 0 Å². The number of hydrogen-bond donors (Lipinski definition) is 2. The largest absolute Gasteiger partial charge is 0.478 e. The Bertz CT molecular complexity index is 1770. The maximum Gasteiger partial charge on any atom is 0.339 e. The van der Waals surface area contributed by atoms with Gasteiger partial charge in [0.1, 0.15) is 5.56 Å². The lowest BCUT2D eigenvalue weighted by Crippen LogP contribution is -2.38. The Kier molecular flexibility index (Phi) is 8.36. The molecule has 7 rings (SSSR count). The summed E-state index contributed by atoms with van der Waals surface area (Å²) in [4.78, 5) is 31.5. The number of hydrogen-bond acceptors (Lipinski definition) is 5. The van der Waals surface area contributed by atoms with Gasteiger partial charge in [0.15, 0.2) is 5.82 Å². The molecule has 1 aliphatic heterocycles. The number of aryl methyl sites for hydroxylation is 2. The molecule has 1 amide bonds. The molecule has 2 aliphatic carbocycles. The third-order valence-corrected chi connectivity index (χ3v) is 10.2. The highest BCUT2D eigenvalue weighted by atomic mass is 16.4. The third-order valence-electron chi connectivity index (χ3n) is 10.2. The van der Waals surface area contributed by atoms with Gasteiger partial charge in [-0.25, -0.2) is 14.5 Å². The van der Waals surface area contributed by atoms with E-state index in [1.165, 1.54) is 41.3 Å². The van der Waals surface area contributed by atoms with Crippen LogP contribution in [0.2, 0.25) is 0 Å². The number of carbonyl (C=O) groups excluding carboxylic acids is 1. The van der Waals surface area contributed by atoms with Crippen LogP contribution < -0.4 is 5.32 Å². The number of rotatable bonds is 10. The number of nitrogens with zero attached hydrogens (tertiary/aromatic N) is 4. The van der Waals surface area contributed by atoms with Crippen molar-refractivity contribution in [1.29, 1.82) is 0 Å². The second kappa shape index (κ2) is 12.7. The number of aromatic nitrogens is 3. The molecular formula is C38H43N5O3. The van der Waals surface area contributed by atoms with Gasteiger partial charge in [-0.15, -0.1) is 0 Å². The topological polar surface area (TPSA) is 100 Å². The Balaban J connectivity index is 1.10. The van der Waals surface area contributed by atoms with Crippen molar-refractivity contribution in [2.24, 2.45) is 5.92 Å². The molecule has 1 saturated carbocycles. The SMILES string of the molecule is CCc1cc(NC2CCc3cccc(-c4cccc(-n5ncc(C(=O)O)c5CC)n4)c32)ccc1C1CCN(C(=O)CC2CC2)CC1. The highest BCUT2D eigenvalue weighted by molar-refractivity contribution is 5.88. The van der Waals surface area contributed by atoms with Gasteiger partial charge in [0.2, 0.25) is 5.91 Å². The predicted molar refractivity (Wildman–Crippen MR) is 180 cm³/mol. The number of aromatic carboxylic acids is 1. The number of carboxylic acids is 1. The molecule has 2 N–H and O–H groups in total. The number of piperidine rings is 1. The van der Waals surface area contributed by atoms with Crippen LogP contribution in [0.25, 0.3) is 17.1 Å². The molecule has 0 bridgehead atoms. The first kappa shape index (κ1) is 30.2. The average Bonchev–Trinajstić information content (AvgIpc) is 3.63. The molecule has 3 heterocycles. The minimum atomic E-state index is -0.977. The smallest absolute Gasteiger partial charge is 0.339 e. The van der Waals surface area contributed by atoms with E-state index in [1.54, 1.807) is 4.68 Å². The molecule has 46 heavy (non-hydrogen) atoms. The second-order valence-corrected chi connectivity index (χ2v) is 13.1. The Hall–Kier alpha value is -4.46. The lowest BCUT2D eigenvalue weighted by molar-refractivity contribution is -0.132. The van der Waals surface area contributed by atoms with E-state index in [4.69, 9.17) is 4.98 Å². The minimum absolute atomic E-state index is 0.155. The van der Waals surface area contributed by atoms with Crippen LogP contribution in [0.4, 0.5) is 5.69 Å². The van der Waals surface area contributed by atoms with Crippen molar-refractivity contribution >= 4 is 17.6 Å². The number of pyridine rings is 1. The number of fused-ring (bicyclic) bond motifs is 1. The van der Waals surface area contributed by atoms with Crippen molar-refractivity contribution in [3.05, 3.63) is 94.3 Å². The number of carboxylic acid groups (broad SMARTS) is 1. The van der Waals surface area contributed by atoms with E-state index in [1.807, 2.05) is 25.1 Å². The molecule has 1 unspecified atom stereocenters. The zero-order valence-corrected chi connectivity index (χ0v) is 26.8. The quantitative estimate of drug-likeness (QED) is 0.193. The van der Waals surface area contributed by atoms with Gasteiger partial charge in [0.05, 0.1) is 23.6 Å². The number of likely N-dealkylation sites (tertiary alicyclic amines) is 1. The van der Waals surface area contributed by atoms with Crippen LogP contribution in [0.3, 0.4) is 0 Å². The van der Waals surface area contributed by atoms with Crippen molar-refractivity contribution in [2.75, 3.05) is 18.4 Å². The Morgan fingerprint density at radius 1 is 0.957 bits per heavy atom. The molecule has 2 aromatic heterocycles. The van der Waals surface area contributed by atoms with Crippen molar-refractivity contribution in [1.82, 2.24) is 19.7 Å². The fourth-order valence-electron chi connectivity index (χ4n) is 7.57. The minimum Gasteiger partial charge on any atom is -0.478 e. The lowest BCUT2D eigenvalue weighted by Gasteiger charge is -2.33. The Morgan fingerprint density at radius 3 is 2.50 bits per heavy atom.